The molecule has 3 nitrogen and oxygen atoms in total. The number of aryl methyl sites for hydroxylation is 1. The van der Waals surface area contributed by atoms with E-state index in [-0.39, 0.29) is 0 Å². The van der Waals surface area contributed by atoms with Crippen molar-refractivity contribution in [2.45, 2.75) is 24.4 Å². The summed E-state index contributed by atoms with van der Waals surface area (Å²) < 4.78 is 2.18. The molecule has 0 atom stereocenters. The SMILES string of the molecule is C=CCn1c(SCc2cccc3ccccc23)nnc1-c1csc(C)c1-c1ccccc1. The first-order valence-corrected chi connectivity index (χ1v) is 12.4. The Morgan fingerprint density at radius 2 is 1.75 bits per heavy atom. The van der Waals surface area contributed by atoms with Gasteiger partial charge in [-0.25, -0.2) is 0 Å². The van der Waals surface area contributed by atoms with E-state index in [2.05, 4.69) is 100 Å². The van der Waals surface area contributed by atoms with Gasteiger partial charge < -0.3 is 0 Å². The summed E-state index contributed by atoms with van der Waals surface area (Å²) in [6.07, 6.45) is 1.91. The number of thiophene rings is 1. The van der Waals surface area contributed by atoms with Crippen molar-refractivity contribution in [1.29, 1.82) is 0 Å². The first-order chi connectivity index (χ1) is 15.8. The summed E-state index contributed by atoms with van der Waals surface area (Å²) in [5, 5.41) is 14.9. The second-order valence-electron chi connectivity index (χ2n) is 7.58. The Kier molecular flexibility index (Phi) is 5.93. The van der Waals surface area contributed by atoms with Gasteiger partial charge in [0.25, 0.3) is 0 Å². The van der Waals surface area contributed by atoms with E-state index in [0.717, 1.165) is 22.3 Å². The lowest BCUT2D eigenvalue weighted by atomic mass is 10.0. The number of hydrogen-bond donors (Lipinski definition) is 0. The molecule has 0 aliphatic rings. The van der Waals surface area contributed by atoms with E-state index in [1.807, 2.05) is 12.1 Å². The molecule has 5 heteroatoms. The lowest BCUT2D eigenvalue weighted by Gasteiger charge is -2.10. The highest BCUT2D eigenvalue weighted by Gasteiger charge is 2.20. The molecule has 158 valence electrons. The third-order valence-electron chi connectivity index (χ3n) is 5.54. The number of benzene rings is 3. The van der Waals surface area contributed by atoms with E-state index in [9.17, 15) is 0 Å². The molecule has 0 unspecified atom stereocenters. The fourth-order valence-electron chi connectivity index (χ4n) is 4.03. The molecule has 32 heavy (non-hydrogen) atoms. The van der Waals surface area contributed by atoms with Crippen LogP contribution in [0, 0.1) is 6.92 Å². The molecule has 2 aromatic heterocycles. The van der Waals surface area contributed by atoms with Gasteiger partial charge in [-0.3, -0.25) is 4.57 Å². The van der Waals surface area contributed by atoms with Crippen LogP contribution in [-0.2, 0) is 12.3 Å². The first kappa shape index (κ1) is 20.7. The van der Waals surface area contributed by atoms with Crippen molar-refractivity contribution in [2.24, 2.45) is 0 Å². The van der Waals surface area contributed by atoms with Gasteiger partial charge in [0.2, 0.25) is 0 Å². The Hall–Kier alpha value is -3.15. The van der Waals surface area contributed by atoms with Crippen LogP contribution in [-0.4, -0.2) is 14.8 Å². The molecule has 0 N–H and O–H groups in total. The maximum Gasteiger partial charge on any atom is 0.192 e. The number of thioether (sulfide) groups is 1. The average Bonchev–Trinajstić information content (AvgIpc) is 3.41. The number of rotatable bonds is 7. The lowest BCUT2D eigenvalue weighted by Crippen LogP contribution is -2.01. The zero-order chi connectivity index (χ0) is 21.9. The van der Waals surface area contributed by atoms with E-state index in [1.165, 1.54) is 32.3 Å². The van der Waals surface area contributed by atoms with Gasteiger partial charge in [0.1, 0.15) is 0 Å². The fourth-order valence-corrected chi connectivity index (χ4v) is 5.85. The Bertz CT molecular complexity index is 1380. The molecule has 0 saturated heterocycles. The summed E-state index contributed by atoms with van der Waals surface area (Å²) in [5.74, 6) is 1.73. The van der Waals surface area contributed by atoms with E-state index < -0.39 is 0 Å². The predicted molar refractivity (Wildman–Crippen MR) is 137 cm³/mol. The van der Waals surface area contributed by atoms with Crippen molar-refractivity contribution >= 4 is 33.9 Å². The summed E-state index contributed by atoms with van der Waals surface area (Å²) >= 11 is 3.48. The number of aromatic nitrogens is 3. The Balaban J connectivity index is 1.51. The quantitative estimate of drug-likeness (QED) is 0.188. The fraction of sp³-hybridized carbons (Fsp3) is 0.111. The number of nitrogens with zero attached hydrogens (tertiary/aromatic N) is 3. The van der Waals surface area contributed by atoms with Crippen LogP contribution in [0.25, 0.3) is 33.3 Å². The zero-order valence-electron chi connectivity index (χ0n) is 17.9. The highest BCUT2D eigenvalue weighted by atomic mass is 32.2. The molecule has 0 bridgehead atoms. The van der Waals surface area contributed by atoms with Crippen molar-refractivity contribution in [1.82, 2.24) is 14.8 Å². The smallest absolute Gasteiger partial charge is 0.192 e. The summed E-state index contributed by atoms with van der Waals surface area (Å²) in [5.41, 5.74) is 4.88. The third-order valence-corrected chi connectivity index (χ3v) is 7.47. The van der Waals surface area contributed by atoms with Crippen molar-refractivity contribution in [3.63, 3.8) is 0 Å². The van der Waals surface area contributed by atoms with Gasteiger partial charge in [0, 0.05) is 33.7 Å². The zero-order valence-corrected chi connectivity index (χ0v) is 19.5. The van der Waals surface area contributed by atoms with Gasteiger partial charge in [0.05, 0.1) is 0 Å². The maximum atomic E-state index is 4.63. The van der Waals surface area contributed by atoms with Gasteiger partial charge in [-0.05, 0) is 28.8 Å². The molecule has 5 aromatic rings. The molecule has 0 aliphatic carbocycles. The van der Waals surface area contributed by atoms with Crippen LogP contribution in [0.4, 0.5) is 0 Å². The maximum absolute atomic E-state index is 4.63. The van der Waals surface area contributed by atoms with Gasteiger partial charge in [-0.2, -0.15) is 0 Å². The lowest BCUT2D eigenvalue weighted by molar-refractivity contribution is 0.731. The van der Waals surface area contributed by atoms with Gasteiger partial charge in [-0.15, -0.1) is 28.1 Å². The molecule has 0 amide bonds. The minimum Gasteiger partial charge on any atom is -0.298 e. The molecule has 0 radical (unpaired) electrons. The van der Waals surface area contributed by atoms with Crippen molar-refractivity contribution in [3.8, 4) is 22.5 Å². The van der Waals surface area contributed by atoms with Gasteiger partial charge in [-0.1, -0.05) is 90.6 Å². The molecule has 0 saturated carbocycles. The highest BCUT2D eigenvalue weighted by Crippen LogP contribution is 2.39. The van der Waals surface area contributed by atoms with Crippen LogP contribution >= 0.6 is 23.1 Å². The minimum absolute atomic E-state index is 0.670. The van der Waals surface area contributed by atoms with Crippen LogP contribution in [0.1, 0.15) is 10.4 Å². The second kappa shape index (κ2) is 9.15. The van der Waals surface area contributed by atoms with E-state index in [0.29, 0.717) is 6.54 Å². The van der Waals surface area contributed by atoms with E-state index in [4.69, 9.17) is 0 Å². The van der Waals surface area contributed by atoms with Gasteiger partial charge >= 0.3 is 0 Å². The van der Waals surface area contributed by atoms with E-state index >= 15 is 0 Å². The molecule has 3 aromatic carbocycles. The Morgan fingerprint density at radius 1 is 0.969 bits per heavy atom. The average molecular weight is 454 g/mol. The molecule has 2 heterocycles. The summed E-state index contributed by atoms with van der Waals surface area (Å²) in [4.78, 5) is 1.28. The molecule has 0 aliphatic heterocycles. The van der Waals surface area contributed by atoms with Crippen LogP contribution in [0.15, 0.2) is 96.0 Å². The highest BCUT2D eigenvalue weighted by molar-refractivity contribution is 7.98. The Labute approximate surface area is 196 Å². The van der Waals surface area contributed by atoms with Crippen LogP contribution in [0.2, 0.25) is 0 Å². The number of hydrogen-bond acceptors (Lipinski definition) is 4. The summed E-state index contributed by atoms with van der Waals surface area (Å²) in [7, 11) is 0. The molecule has 0 spiro atoms. The normalized spacial score (nSPS) is 11.2. The first-order valence-electron chi connectivity index (χ1n) is 10.5. The molecular weight excluding hydrogens is 430 g/mol. The van der Waals surface area contributed by atoms with E-state index in [1.54, 1.807) is 23.1 Å². The molecule has 0 fully saturated rings. The van der Waals surface area contributed by atoms with Crippen LogP contribution < -0.4 is 0 Å². The predicted octanol–water partition coefficient (Wildman–Crippen LogP) is 7.61. The summed E-state index contributed by atoms with van der Waals surface area (Å²) in [6, 6.07) is 25.5. The molecule has 5 rings (SSSR count). The molecular formula is C27H23N3S2. The Morgan fingerprint density at radius 3 is 2.59 bits per heavy atom. The minimum atomic E-state index is 0.670. The van der Waals surface area contributed by atoms with Crippen molar-refractivity contribution < 1.29 is 0 Å². The standard InChI is InChI=1S/C27H23N3S2/c1-3-16-30-26(24-18-31-19(2)25(24)21-11-5-4-6-12-21)28-29-27(30)32-17-22-14-9-13-20-10-7-8-15-23(20)22/h3-15,18H,1,16-17H2,2H3. The monoisotopic (exact) mass is 453 g/mol. The van der Waals surface area contributed by atoms with Crippen LogP contribution in [0.5, 0.6) is 0 Å². The largest absolute Gasteiger partial charge is 0.298 e. The number of allylic oxidation sites excluding steroid dienone is 1. The summed E-state index contributed by atoms with van der Waals surface area (Å²) in [6.45, 7) is 6.81. The van der Waals surface area contributed by atoms with Gasteiger partial charge in [0.15, 0.2) is 11.0 Å². The third kappa shape index (κ3) is 3.90. The van der Waals surface area contributed by atoms with Crippen LogP contribution in [0.3, 0.4) is 0 Å². The number of fused-ring (bicyclic) bond motifs is 1. The second-order valence-corrected chi connectivity index (χ2v) is 9.61. The van der Waals surface area contributed by atoms with Crippen molar-refractivity contribution in [2.75, 3.05) is 0 Å². The van der Waals surface area contributed by atoms with Crippen molar-refractivity contribution in [3.05, 3.63) is 101 Å². The topological polar surface area (TPSA) is 30.7 Å².